The van der Waals surface area contributed by atoms with Crippen molar-refractivity contribution >= 4 is 23.2 Å². The molecular formula is C18H17NO4S. The first-order chi connectivity index (χ1) is 11.5. The summed E-state index contributed by atoms with van der Waals surface area (Å²) >= 11 is 1.03. The van der Waals surface area contributed by atoms with Crippen LogP contribution in [0.25, 0.3) is 0 Å². The number of nitrogens with one attached hydrogen (secondary N) is 1. The standard InChI is InChI=1S/C18H17NO4S/c1-10-8-13(24-15(10)17(21)22)16(20)19-14-9-18(14)6-7-23-12-5-3-2-4-11(12)18/h2-5,8,14H,6-7,9H2,1H3,(H,19,20)(H,21,22)/t14-,18+/m1/s1. The number of aryl methyl sites for hydroxylation is 1. The van der Waals surface area contributed by atoms with Crippen molar-refractivity contribution in [2.75, 3.05) is 6.61 Å². The number of ether oxygens (including phenoxy) is 1. The molecule has 1 aliphatic heterocycles. The van der Waals surface area contributed by atoms with Gasteiger partial charge in [0.15, 0.2) is 0 Å². The highest BCUT2D eigenvalue weighted by molar-refractivity contribution is 7.16. The Bertz CT molecular complexity index is 843. The highest BCUT2D eigenvalue weighted by atomic mass is 32.1. The molecular weight excluding hydrogens is 326 g/mol. The Labute approximate surface area is 143 Å². The number of thiophene rings is 1. The molecule has 124 valence electrons. The molecule has 2 aliphatic rings. The van der Waals surface area contributed by atoms with E-state index in [9.17, 15) is 9.59 Å². The number of para-hydroxylation sites is 1. The Hall–Kier alpha value is -2.34. The summed E-state index contributed by atoms with van der Waals surface area (Å²) in [5.41, 5.74) is 1.75. The van der Waals surface area contributed by atoms with Crippen LogP contribution in [0.3, 0.4) is 0 Å². The van der Waals surface area contributed by atoms with Crippen LogP contribution in [0, 0.1) is 6.92 Å². The summed E-state index contributed by atoms with van der Waals surface area (Å²) in [4.78, 5) is 24.3. The lowest BCUT2D eigenvalue weighted by molar-refractivity contribution is 0.0701. The lowest BCUT2D eigenvalue weighted by Gasteiger charge is -2.26. The van der Waals surface area contributed by atoms with Crippen molar-refractivity contribution in [3.05, 3.63) is 51.2 Å². The van der Waals surface area contributed by atoms with E-state index in [2.05, 4.69) is 11.4 Å². The van der Waals surface area contributed by atoms with E-state index < -0.39 is 5.97 Å². The molecule has 2 N–H and O–H groups in total. The molecule has 1 aromatic carbocycles. The third kappa shape index (κ3) is 2.29. The van der Waals surface area contributed by atoms with E-state index in [1.165, 1.54) is 0 Å². The molecule has 4 rings (SSSR count). The molecule has 1 fully saturated rings. The van der Waals surface area contributed by atoms with Crippen LogP contribution >= 0.6 is 11.3 Å². The first-order valence-corrected chi connectivity index (χ1v) is 8.70. The number of hydrogen-bond donors (Lipinski definition) is 2. The summed E-state index contributed by atoms with van der Waals surface area (Å²) in [6.07, 6.45) is 1.79. The maximum absolute atomic E-state index is 12.5. The Kier molecular flexibility index (Phi) is 3.38. The van der Waals surface area contributed by atoms with Gasteiger partial charge in [0.25, 0.3) is 5.91 Å². The van der Waals surface area contributed by atoms with E-state index in [1.807, 2.05) is 18.2 Å². The summed E-state index contributed by atoms with van der Waals surface area (Å²) in [5, 5.41) is 12.2. The summed E-state index contributed by atoms with van der Waals surface area (Å²) in [7, 11) is 0. The SMILES string of the molecule is Cc1cc(C(=O)N[C@@H]2C[C@]23CCOc2ccccc23)sc1C(=O)O. The van der Waals surface area contributed by atoms with Crippen LogP contribution in [0.1, 0.15) is 43.3 Å². The quantitative estimate of drug-likeness (QED) is 0.898. The minimum absolute atomic E-state index is 0.0353. The Morgan fingerprint density at radius 3 is 2.92 bits per heavy atom. The summed E-state index contributed by atoms with van der Waals surface area (Å²) < 4.78 is 5.71. The predicted molar refractivity (Wildman–Crippen MR) is 90.1 cm³/mol. The first-order valence-electron chi connectivity index (χ1n) is 7.88. The van der Waals surface area contributed by atoms with Crippen LogP contribution in [-0.4, -0.2) is 29.6 Å². The molecule has 2 heterocycles. The van der Waals surface area contributed by atoms with Gasteiger partial charge in [-0.1, -0.05) is 18.2 Å². The molecule has 1 aromatic heterocycles. The first kappa shape index (κ1) is 15.2. The minimum Gasteiger partial charge on any atom is -0.493 e. The third-order valence-corrected chi connectivity index (χ3v) is 6.17. The van der Waals surface area contributed by atoms with Gasteiger partial charge in [-0.05, 0) is 37.5 Å². The van der Waals surface area contributed by atoms with Gasteiger partial charge in [0.2, 0.25) is 0 Å². The van der Waals surface area contributed by atoms with E-state index in [-0.39, 0.29) is 22.2 Å². The number of aromatic carboxylic acids is 1. The molecule has 0 saturated heterocycles. The fraction of sp³-hybridized carbons (Fsp3) is 0.333. The molecule has 1 aliphatic carbocycles. The van der Waals surface area contributed by atoms with Crippen molar-refractivity contribution < 1.29 is 19.4 Å². The third-order valence-electron chi connectivity index (χ3n) is 4.95. The molecule has 0 bridgehead atoms. The van der Waals surface area contributed by atoms with Gasteiger partial charge in [-0.25, -0.2) is 4.79 Å². The number of carbonyl (C=O) groups is 2. The molecule has 2 atom stereocenters. The molecule has 24 heavy (non-hydrogen) atoms. The predicted octanol–water partition coefficient (Wildman–Crippen LogP) is 2.98. The molecule has 0 radical (unpaired) electrons. The Morgan fingerprint density at radius 2 is 2.17 bits per heavy atom. The van der Waals surface area contributed by atoms with Gasteiger partial charge < -0.3 is 15.2 Å². The molecule has 1 amide bonds. The van der Waals surface area contributed by atoms with Crippen LogP contribution in [0.15, 0.2) is 30.3 Å². The van der Waals surface area contributed by atoms with Gasteiger partial charge in [0.1, 0.15) is 10.6 Å². The van der Waals surface area contributed by atoms with Gasteiger partial charge in [0.05, 0.1) is 11.5 Å². The van der Waals surface area contributed by atoms with Crippen molar-refractivity contribution in [3.63, 3.8) is 0 Å². The van der Waals surface area contributed by atoms with Crippen LogP contribution < -0.4 is 10.1 Å². The van der Waals surface area contributed by atoms with Crippen molar-refractivity contribution in [3.8, 4) is 5.75 Å². The zero-order valence-electron chi connectivity index (χ0n) is 13.2. The number of benzene rings is 1. The zero-order valence-corrected chi connectivity index (χ0v) is 14.0. The molecule has 2 aromatic rings. The smallest absolute Gasteiger partial charge is 0.346 e. The Balaban J connectivity index is 1.53. The van der Waals surface area contributed by atoms with Crippen LogP contribution in [0.5, 0.6) is 5.75 Å². The number of fused-ring (bicyclic) bond motifs is 2. The van der Waals surface area contributed by atoms with E-state index >= 15 is 0 Å². The normalized spacial score (nSPS) is 24.1. The average molecular weight is 343 g/mol. The monoisotopic (exact) mass is 343 g/mol. The summed E-state index contributed by atoms with van der Waals surface area (Å²) in [6.45, 7) is 2.37. The number of carboxylic acids is 1. The molecule has 6 heteroatoms. The van der Waals surface area contributed by atoms with E-state index in [0.717, 1.165) is 35.5 Å². The van der Waals surface area contributed by atoms with Gasteiger partial charge in [-0.2, -0.15) is 0 Å². The van der Waals surface area contributed by atoms with Crippen molar-refractivity contribution in [2.45, 2.75) is 31.2 Å². The van der Waals surface area contributed by atoms with E-state index in [4.69, 9.17) is 9.84 Å². The van der Waals surface area contributed by atoms with Gasteiger partial charge in [-0.3, -0.25) is 4.79 Å². The fourth-order valence-corrected chi connectivity index (χ4v) is 4.50. The lowest BCUT2D eigenvalue weighted by atomic mass is 9.89. The van der Waals surface area contributed by atoms with Gasteiger partial charge >= 0.3 is 5.97 Å². The average Bonchev–Trinajstić information content (AvgIpc) is 3.06. The van der Waals surface area contributed by atoms with Gasteiger partial charge in [0, 0.05) is 17.0 Å². The number of rotatable bonds is 3. The number of hydrogen-bond acceptors (Lipinski definition) is 4. The maximum atomic E-state index is 12.5. The second kappa shape index (κ2) is 5.34. The highest BCUT2D eigenvalue weighted by Gasteiger charge is 2.58. The topological polar surface area (TPSA) is 75.6 Å². The molecule has 5 nitrogen and oxygen atoms in total. The fourth-order valence-electron chi connectivity index (χ4n) is 3.59. The molecule has 1 spiro atoms. The number of carbonyl (C=O) groups excluding carboxylic acids is 1. The summed E-state index contributed by atoms with van der Waals surface area (Å²) in [5.74, 6) is -0.278. The van der Waals surface area contributed by atoms with Crippen molar-refractivity contribution in [1.29, 1.82) is 0 Å². The number of carboxylic acid groups (broad SMARTS) is 1. The Morgan fingerprint density at radius 1 is 1.38 bits per heavy atom. The summed E-state index contributed by atoms with van der Waals surface area (Å²) in [6, 6.07) is 9.71. The second-order valence-electron chi connectivity index (χ2n) is 6.41. The largest absolute Gasteiger partial charge is 0.493 e. The van der Waals surface area contributed by atoms with Gasteiger partial charge in [-0.15, -0.1) is 11.3 Å². The molecule has 0 unspecified atom stereocenters. The minimum atomic E-state index is -0.988. The van der Waals surface area contributed by atoms with Crippen LogP contribution in [-0.2, 0) is 5.41 Å². The van der Waals surface area contributed by atoms with E-state index in [1.54, 1.807) is 13.0 Å². The number of amides is 1. The second-order valence-corrected chi connectivity index (χ2v) is 7.46. The van der Waals surface area contributed by atoms with Crippen molar-refractivity contribution in [1.82, 2.24) is 5.32 Å². The highest BCUT2D eigenvalue weighted by Crippen LogP contribution is 2.56. The van der Waals surface area contributed by atoms with Crippen LogP contribution in [0.4, 0.5) is 0 Å². The lowest BCUT2D eigenvalue weighted by Crippen LogP contribution is -2.33. The maximum Gasteiger partial charge on any atom is 0.346 e. The van der Waals surface area contributed by atoms with E-state index in [0.29, 0.717) is 17.0 Å². The zero-order chi connectivity index (χ0) is 16.9. The van der Waals surface area contributed by atoms with Crippen molar-refractivity contribution in [2.24, 2.45) is 0 Å². The molecule has 1 saturated carbocycles. The van der Waals surface area contributed by atoms with Crippen LogP contribution in [0.2, 0.25) is 0 Å².